The van der Waals surface area contributed by atoms with Crippen LogP contribution >= 0.6 is 11.6 Å². The summed E-state index contributed by atoms with van der Waals surface area (Å²) < 4.78 is 19.7. The minimum atomic E-state index is -0.412. The van der Waals surface area contributed by atoms with Crippen LogP contribution in [-0.2, 0) is 4.74 Å². The fourth-order valence-corrected chi connectivity index (χ4v) is 4.10. The van der Waals surface area contributed by atoms with E-state index in [1.807, 2.05) is 0 Å². The van der Waals surface area contributed by atoms with E-state index in [-0.39, 0.29) is 34.7 Å². The van der Waals surface area contributed by atoms with Crippen LogP contribution in [-0.4, -0.2) is 16.8 Å². The van der Waals surface area contributed by atoms with Crippen molar-refractivity contribution in [3.63, 3.8) is 0 Å². The van der Waals surface area contributed by atoms with Gasteiger partial charge in [-0.3, -0.25) is 0 Å². The highest BCUT2D eigenvalue weighted by atomic mass is 35.5. The molecule has 0 amide bonds. The van der Waals surface area contributed by atoms with Crippen LogP contribution in [0.5, 0.6) is 0 Å². The minimum absolute atomic E-state index is 0.125. The molecule has 0 spiro atoms. The van der Waals surface area contributed by atoms with Crippen molar-refractivity contribution in [2.75, 3.05) is 0 Å². The third-order valence-electron chi connectivity index (χ3n) is 5.44. The van der Waals surface area contributed by atoms with Crippen LogP contribution in [0, 0.1) is 23.6 Å². The first kappa shape index (κ1) is 15.3. The normalized spacial score (nSPS) is 38.3. The van der Waals surface area contributed by atoms with Crippen LogP contribution in [0.3, 0.4) is 0 Å². The van der Waals surface area contributed by atoms with Crippen molar-refractivity contribution in [2.45, 2.75) is 51.4 Å². The van der Waals surface area contributed by atoms with Crippen molar-refractivity contribution in [3.05, 3.63) is 34.6 Å². The third-order valence-corrected chi connectivity index (χ3v) is 5.73. The predicted molar refractivity (Wildman–Crippen MR) is 80.7 cm³/mol. The van der Waals surface area contributed by atoms with Gasteiger partial charge in [0.2, 0.25) is 0 Å². The van der Waals surface area contributed by atoms with E-state index in [0.717, 1.165) is 18.4 Å². The number of aliphatic hydroxyl groups is 1. The quantitative estimate of drug-likeness (QED) is 0.835. The molecule has 0 aromatic heterocycles. The summed E-state index contributed by atoms with van der Waals surface area (Å²) in [5.74, 6) is 0.366. The van der Waals surface area contributed by atoms with Gasteiger partial charge in [0.05, 0.1) is 22.8 Å². The first-order chi connectivity index (χ1) is 9.79. The van der Waals surface area contributed by atoms with Crippen LogP contribution in [0.25, 0.3) is 0 Å². The van der Waals surface area contributed by atoms with Crippen molar-refractivity contribution < 1.29 is 14.2 Å². The molecule has 116 valence electrons. The maximum Gasteiger partial charge on any atom is 0.141 e. The van der Waals surface area contributed by atoms with E-state index < -0.39 is 5.82 Å². The monoisotopic (exact) mass is 312 g/mol. The Morgan fingerprint density at radius 3 is 2.71 bits per heavy atom. The zero-order valence-corrected chi connectivity index (χ0v) is 13.4. The molecule has 1 saturated carbocycles. The number of hydrogen-bond donors (Lipinski definition) is 1. The highest BCUT2D eigenvalue weighted by Gasteiger charge is 2.50. The minimum Gasteiger partial charge on any atom is -0.393 e. The molecule has 2 unspecified atom stereocenters. The van der Waals surface area contributed by atoms with Gasteiger partial charge in [-0.2, -0.15) is 0 Å². The van der Waals surface area contributed by atoms with E-state index >= 15 is 0 Å². The van der Waals surface area contributed by atoms with E-state index in [9.17, 15) is 9.50 Å². The lowest BCUT2D eigenvalue weighted by Gasteiger charge is -2.53. The Morgan fingerprint density at radius 1 is 1.33 bits per heavy atom. The van der Waals surface area contributed by atoms with Gasteiger partial charge in [0.15, 0.2) is 0 Å². The molecule has 2 nitrogen and oxygen atoms in total. The maximum absolute atomic E-state index is 13.4. The van der Waals surface area contributed by atoms with Crippen molar-refractivity contribution in [3.8, 4) is 0 Å². The molecule has 2 fully saturated rings. The smallest absolute Gasteiger partial charge is 0.141 e. The number of rotatable bonds is 1. The number of aliphatic hydroxyl groups excluding tert-OH is 1. The zero-order valence-electron chi connectivity index (χ0n) is 12.6. The van der Waals surface area contributed by atoms with E-state index in [4.69, 9.17) is 16.3 Å². The molecule has 1 aliphatic heterocycles. The number of ether oxygens (including phenoxy) is 1. The summed E-state index contributed by atoms with van der Waals surface area (Å²) in [6, 6.07) is 4.80. The van der Waals surface area contributed by atoms with Crippen LogP contribution in [0.2, 0.25) is 5.02 Å². The maximum atomic E-state index is 13.4. The molecule has 3 rings (SSSR count). The average molecular weight is 313 g/mol. The lowest BCUT2D eigenvalue weighted by Crippen LogP contribution is -2.52. The van der Waals surface area contributed by atoms with Crippen LogP contribution in [0.15, 0.2) is 18.2 Å². The number of fused-ring (bicyclic) bond motifs is 2. The second-order valence-electron chi connectivity index (χ2n) is 7.07. The summed E-state index contributed by atoms with van der Waals surface area (Å²) in [5, 5.41) is 10.5. The Kier molecular flexibility index (Phi) is 3.79. The number of hydrogen-bond acceptors (Lipinski definition) is 2. The summed E-state index contributed by atoms with van der Waals surface area (Å²) in [6.45, 7) is 6.23. The van der Waals surface area contributed by atoms with Gasteiger partial charge >= 0.3 is 0 Å². The molecule has 21 heavy (non-hydrogen) atoms. The third kappa shape index (κ3) is 2.60. The number of benzene rings is 1. The summed E-state index contributed by atoms with van der Waals surface area (Å²) in [4.78, 5) is 0. The lowest BCUT2D eigenvalue weighted by atomic mass is 9.63. The van der Waals surface area contributed by atoms with E-state index in [2.05, 4.69) is 20.8 Å². The molecule has 5 atom stereocenters. The molecule has 1 aromatic rings. The van der Waals surface area contributed by atoms with Crippen molar-refractivity contribution in [1.82, 2.24) is 0 Å². The average Bonchev–Trinajstić information content (AvgIpc) is 2.42. The fraction of sp³-hybridized carbons (Fsp3) is 0.647. The van der Waals surface area contributed by atoms with Crippen molar-refractivity contribution >= 4 is 11.6 Å². The van der Waals surface area contributed by atoms with Gasteiger partial charge in [0.25, 0.3) is 0 Å². The Balaban J connectivity index is 1.98. The summed E-state index contributed by atoms with van der Waals surface area (Å²) >= 11 is 5.92. The van der Waals surface area contributed by atoms with Gasteiger partial charge in [-0.25, -0.2) is 4.39 Å². The van der Waals surface area contributed by atoms with Crippen molar-refractivity contribution in [1.29, 1.82) is 0 Å². The van der Waals surface area contributed by atoms with Gasteiger partial charge in [0, 0.05) is 0 Å². The SMILES string of the molecule is C[C@H]1C2CC(C[C@@H]1O)C(C)(C)O[C@H]2c1ccc(F)c(Cl)c1. The van der Waals surface area contributed by atoms with Crippen LogP contribution < -0.4 is 0 Å². The predicted octanol–water partition coefficient (Wildman–Crippen LogP) is 4.35. The Morgan fingerprint density at radius 2 is 2.05 bits per heavy atom. The van der Waals surface area contributed by atoms with E-state index in [0.29, 0.717) is 5.92 Å². The zero-order chi connectivity index (χ0) is 15.4. The van der Waals surface area contributed by atoms with Gasteiger partial charge < -0.3 is 9.84 Å². The van der Waals surface area contributed by atoms with Crippen LogP contribution in [0.4, 0.5) is 4.39 Å². The standard InChI is InChI=1S/C17H22ClFO2/c1-9-12-7-11(8-15(9)20)17(2,3)21-16(12)10-4-5-14(19)13(18)6-10/h4-6,9,11-12,15-16,20H,7-8H2,1-3H3/t9-,11?,12?,15-,16-/m0/s1. The molecular weight excluding hydrogens is 291 g/mol. The van der Waals surface area contributed by atoms with E-state index in [1.54, 1.807) is 12.1 Å². The summed E-state index contributed by atoms with van der Waals surface area (Å²) in [5.41, 5.74) is 0.613. The van der Waals surface area contributed by atoms with Crippen molar-refractivity contribution in [2.24, 2.45) is 17.8 Å². The highest BCUT2D eigenvalue weighted by Crippen LogP contribution is 2.53. The van der Waals surface area contributed by atoms with Gasteiger partial charge in [-0.1, -0.05) is 24.6 Å². The van der Waals surface area contributed by atoms with Gasteiger partial charge in [0.1, 0.15) is 5.82 Å². The highest BCUT2D eigenvalue weighted by molar-refractivity contribution is 6.30. The molecule has 4 heteroatoms. The second kappa shape index (κ2) is 5.22. The van der Waals surface area contributed by atoms with Gasteiger partial charge in [-0.15, -0.1) is 0 Å². The Labute approximate surface area is 130 Å². The van der Waals surface area contributed by atoms with Gasteiger partial charge in [-0.05, 0) is 62.1 Å². The first-order valence-electron chi connectivity index (χ1n) is 7.60. The largest absolute Gasteiger partial charge is 0.393 e. The lowest BCUT2D eigenvalue weighted by molar-refractivity contribution is -0.215. The molecular formula is C17H22ClFO2. The Bertz CT molecular complexity index is 546. The second-order valence-corrected chi connectivity index (χ2v) is 7.48. The van der Waals surface area contributed by atoms with Crippen LogP contribution in [0.1, 0.15) is 45.3 Å². The summed E-state index contributed by atoms with van der Waals surface area (Å²) in [6.07, 6.45) is 1.39. The summed E-state index contributed by atoms with van der Waals surface area (Å²) in [7, 11) is 0. The molecule has 2 bridgehead atoms. The van der Waals surface area contributed by atoms with E-state index in [1.165, 1.54) is 6.07 Å². The molecule has 2 aliphatic rings. The number of halogens is 2. The Hall–Kier alpha value is -0.640. The molecule has 1 aromatic carbocycles. The molecule has 0 radical (unpaired) electrons. The molecule has 1 N–H and O–H groups in total. The molecule has 1 aliphatic carbocycles. The fourth-order valence-electron chi connectivity index (χ4n) is 3.91. The molecule has 1 heterocycles. The first-order valence-corrected chi connectivity index (χ1v) is 7.98. The molecule has 1 saturated heterocycles. The topological polar surface area (TPSA) is 29.5 Å².